The van der Waals surface area contributed by atoms with Crippen molar-refractivity contribution in [2.75, 3.05) is 6.79 Å². The van der Waals surface area contributed by atoms with Gasteiger partial charge >= 0.3 is 7.12 Å². The SMILES string of the molecule is OB(O)c1cncc(OCOCc2ccccc2)c1. The van der Waals surface area contributed by atoms with Gasteiger partial charge in [-0.3, -0.25) is 4.98 Å². The normalized spacial score (nSPS) is 10.2. The Morgan fingerprint density at radius 2 is 1.89 bits per heavy atom. The van der Waals surface area contributed by atoms with E-state index in [9.17, 15) is 0 Å². The predicted molar refractivity (Wildman–Crippen MR) is 70.8 cm³/mol. The van der Waals surface area contributed by atoms with Gasteiger partial charge in [0.1, 0.15) is 5.75 Å². The van der Waals surface area contributed by atoms with E-state index >= 15 is 0 Å². The highest BCUT2D eigenvalue weighted by Gasteiger charge is 2.11. The molecule has 0 amide bonds. The van der Waals surface area contributed by atoms with Crippen LogP contribution in [0, 0.1) is 0 Å². The summed E-state index contributed by atoms with van der Waals surface area (Å²) in [6.45, 7) is 0.526. The minimum atomic E-state index is -1.55. The molecule has 0 unspecified atom stereocenters. The fraction of sp³-hybridized carbons (Fsp3) is 0.154. The molecule has 2 aromatic rings. The molecule has 1 aromatic carbocycles. The molecule has 2 N–H and O–H groups in total. The molecule has 6 heteroatoms. The van der Waals surface area contributed by atoms with Gasteiger partial charge in [-0.2, -0.15) is 0 Å². The van der Waals surface area contributed by atoms with Gasteiger partial charge in [0.05, 0.1) is 12.8 Å². The lowest BCUT2D eigenvalue weighted by atomic mass is 9.82. The molecule has 98 valence electrons. The van der Waals surface area contributed by atoms with Crippen LogP contribution in [0.4, 0.5) is 0 Å². The molecule has 0 saturated heterocycles. The summed E-state index contributed by atoms with van der Waals surface area (Å²) in [7, 11) is -1.55. The number of aromatic nitrogens is 1. The van der Waals surface area contributed by atoms with Gasteiger partial charge in [-0.25, -0.2) is 0 Å². The molecule has 1 aromatic heterocycles. The van der Waals surface area contributed by atoms with Crippen molar-refractivity contribution in [3.8, 4) is 5.75 Å². The Bertz CT molecular complexity index is 507. The van der Waals surface area contributed by atoms with E-state index in [1.165, 1.54) is 18.5 Å². The van der Waals surface area contributed by atoms with Crippen molar-refractivity contribution in [1.82, 2.24) is 4.98 Å². The molecular formula is C13H14BNO4. The summed E-state index contributed by atoms with van der Waals surface area (Å²) in [4.78, 5) is 3.84. The maximum atomic E-state index is 9.00. The van der Waals surface area contributed by atoms with Crippen LogP contribution < -0.4 is 10.2 Å². The summed E-state index contributed by atoms with van der Waals surface area (Å²) in [5, 5.41) is 18.0. The molecule has 2 rings (SSSR count). The standard InChI is InChI=1S/C13H14BNO4/c16-14(17)12-6-13(8-15-7-12)19-10-18-9-11-4-2-1-3-5-11/h1-8,16-17H,9-10H2. The maximum absolute atomic E-state index is 9.00. The third-order valence-electron chi connectivity index (χ3n) is 2.45. The number of hydrogen-bond donors (Lipinski definition) is 2. The monoisotopic (exact) mass is 259 g/mol. The lowest BCUT2D eigenvalue weighted by molar-refractivity contribution is 0.00489. The molecule has 0 aliphatic carbocycles. The van der Waals surface area contributed by atoms with Crippen LogP contribution in [0.25, 0.3) is 0 Å². The number of hydrogen-bond acceptors (Lipinski definition) is 5. The fourth-order valence-corrected chi connectivity index (χ4v) is 1.50. The van der Waals surface area contributed by atoms with Crippen LogP contribution in [0.5, 0.6) is 5.75 Å². The lowest BCUT2D eigenvalue weighted by Gasteiger charge is -2.08. The van der Waals surface area contributed by atoms with Crippen LogP contribution in [0.2, 0.25) is 0 Å². The highest BCUT2D eigenvalue weighted by Crippen LogP contribution is 2.06. The van der Waals surface area contributed by atoms with E-state index in [2.05, 4.69) is 4.98 Å². The molecule has 0 bridgehead atoms. The summed E-state index contributed by atoms with van der Waals surface area (Å²) < 4.78 is 10.7. The first kappa shape index (κ1) is 13.5. The van der Waals surface area contributed by atoms with Crippen LogP contribution in [-0.2, 0) is 11.3 Å². The first-order valence-electron chi connectivity index (χ1n) is 5.81. The van der Waals surface area contributed by atoms with E-state index in [-0.39, 0.29) is 12.3 Å². The average molecular weight is 259 g/mol. The minimum Gasteiger partial charge on any atom is -0.466 e. The van der Waals surface area contributed by atoms with Crippen LogP contribution >= 0.6 is 0 Å². The molecule has 0 spiro atoms. The van der Waals surface area contributed by atoms with Gasteiger partial charge in [0.15, 0.2) is 6.79 Å². The average Bonchev–Trinajstić information content (AvgIpc) is 2.45. The fourth-order valence-electron chi connectivity index (χ4n) is 1.50. The van der Waals surface area contributed by atoms with E-state index in [0.29, 0.717) is 12.4 Å². The molecule has 0 aliphatic heterocycles. The predicted octanol–water partition coefficient (Wildman–Crippen LogP) is 0.314. The van der Waals surface area contributed by atoms with Gasteiger partial charge < -0.3 is 19.5 Å². The van der Waals surface area contributed by atoms with E-state index in [0.717, 1.165) is 5.56 Å². The summed E-state index contributed by atoms with van der Waals surface area (Å²) >= 11 is 0. The first-order chi connectivity index (χ1) is 9.25. The van der Waals surface area contributed by atoms with Gasteiger partial charge in [0.25, 0.3) is 0 Å². The minimum absolute atomic E-state index is 0.0710. The Morgan fingerprint density at radius 3 is 2.63 bits per heavy atom. The second-order valence-corrected chi connectivity index (χ2v) is 3.92. The van der Waals surface area contributed by atoms with E-state index in [1.54, 1.807) is 0 Å². The van der Waals surface area contributed by atoms with Crippen LogP contribution in [0.15, 0.2) is 48.8 Å². The Kier molecular flexibility index (Phi) is 4.91. The molecule has 0 fully saturated rings. The second-order valence-electron chi connectivity index (χ2n) is 3.92. The third kappa shape index (κ3) is 4.37. The number of rotatable bonds is 6. The summed E-state index contributed by atoms with van der Waals surface area (Å²) in [6, 6.07) is 11.3. The zero-order valence-corrected chi connectivity index (χ0v) is 10.3. The van der Waals surface area contributed by atoms with Gasteiger partial charge in [-0.05, 0) is 11.6 Å². The largest absolute Gasteiger partial charge is 0.490 e. The van der Waals surface area contributed by atoms with Gasteiger partial charge in [0.2, 0.25) is 0 Å². The number of benzene rings is 1. The Morgan fingerprint density at radius 1 is 1.11 bits per heavy atom. The zero-order valence-electron chi connectivity index (χ0n) is 10.3. The molecule has 19 heavy (non-hydrogen) atoms. The van der Waals surface area contributed by atoms with E-state index < -0.39 is 7.12 Å². The second kappa shape index (κ2) is 6.89. The summed E-state index contributed by atoms with van der Waals surface area (Å²) in [5.74, 6) is 0.429. The third-order valence-corrected chi connectivity index (χ3v) is 2.45. The highest BCUT2D eigenvalue weighted by atomic mass is 16.7. The van der Waals surface area contributed by atoms with Crippen molar-refractivity contribution in [1.29, 1.82) is 0 Å². The van der Waals surface area contributed by atoms with Crippen molar-refractivity contribution < 1.29 is 19.5 Å². The van der Waals surface area contributed by atoms with Crippen molar-refractivity contribution in [2.24, 2.45) is 0 Å². The Balaban J connectivity index is 1.78. The van der Waals surface area contributed by atoms with Crippen molar-refractivity contribution >= 4 is 12.6 Å². The summed E-state index contributed by atoms with van der Waals surface area (Å²) in [6.07, 6.45) is 2.85. The van der Waals surface area contributed by atoms with Crippen LogP contribution in [0.1, 0.15) is 5.56 Å². The lowest BCUT2D eigenvalue weighted by Crippen LogP contribution is -2.30. The molecular weight excluding hydrogens is 245 g/mol. The van der Waals surface area contributed by atoms with Crippen LogP contribution in [-0.4, -0.2) is 28.9 Å². The molecule has 0 aliphatic rings. The van der Waals surface area contributed by atoms with Crippen molar-refractivity contribution in [3.05, 3.63) is 54.4 Å². The number of nitrogens with zero attached hydrogens (tertiary/aromatic N) is 1. The highest BCUT2D eigenvalue weighted by molar-refractivity contribution is 6.58. The van der Waals surface area contributed by atoms with Gasteiger partial charge in [-0.1, -0.05) is 30.3 Å². The molecule has 0 radical (unpaired) electrons. The zero-order chi connectivity index (χ0) is 13.5. The number of ether oxygens (including phenoxy) is 2. The van der Waals surface area contributed by atoms with E-state index in [1.807, 2.05) is 30.3 Å². The molecule has 1 heterocycles. The molecule has 5 nitrogen and oxygen atoms in total. The van der Waals surface area contributed by atoms with Crippen molar-refractivity contribution in [2.45, 2.75) is 6.61 Å². The summed E-state index contributed by atoms with van der Waals surface area (Å²) in [5.41, 5.74) is 1.34. The number of pyridine rings is 1. The quantitative estimate of drug-likeness (QED) is 0.444. The van der Waals surface area contributed by atoms with Gasteiger partial charge in [-0.15, -0.1) is 0 Å². The smallest absolute Gasteiger partial charge is 0.466 e. The Labute approximate surface area is 111 Å². The molecule has 0 saturated carbocycles. The molecule has 0 atom stereocenters. The van der Waals surface area contributed by atoms with Crippen LogP contribution in [0.3, 0.4) is 0 Å². The van der Waals surface area contributed by atoms with E-state index in [4.69, 9.17) is 19.5 Å². The van der Waals surface area contributed by atoms with Crippen molar-refractivity contribution in [3.63, 3.8) is 0 Å². The topological polar surface area (TPSA) is 71.8 Å². The van der Waals surface area contributed by atoms with Gasteiger partial charge in [0, 0.05) is 11.7 Å². The maximum Gasteiger partial charge on any atom is 0.490 e. The Hall–Kier alpha value is -1.89. The first-order valence-corrected chi connectivity index (χ1v) is 5.81.